The Kier molecular flexibility index (Phi) is 3.31. The Morgan fingerprint density at radius 2 is 2.05 bits per heavy atom. The largest absolute Gasteiger partial charge is 0.367 e. The second-order valence-electron chi connectivity index (χ2n) is 4.40. The molecule has 3 rings (SSSR count). The normalized spacial score (nSPS) is 10.9. The van der Waals surface area contributed by atoms with Crippen LogP contribution in [0.1, 0.15) is 5.01 Å². The fraction of sp³-hybridized carbons (Fsp3) is 0.143. The van der Waals surface area contributed by atoms with Crippen LogP contribution in [-0.4, -0.2) is 17.0 Å². The number of halogens is 2. The molecule has 20 heavy (non-hydrogen) atoms. The summed E-state index contributed by atoms with van der Waals surface area (Å²) in [7, 11) is 1.86. The van der Waals surface area contributed by atoms with Crippen LogP contribution in [0.25, 0.3) is 10.9 Å². The Hall–Kier alpha value is -2.08. The Labute approximate surface area is 118 Å². The maximum atomic E-state index is 13.7. The highest BCUT2D eigenvalue weighted by Gasteiger charge is 2.12. The molecular weight excluding hydrogens is 280 g/mol. The second kappa shape index (κ2) is 5.13. The van der Waals surface area contributed by atoms with Gasteiger partial charge in [-0.25, -0.2) is 13.8 Å². The Balaban J connectivity index is 2.06. The van der Waals surface area contributed by atoms with Crippen molar-refractivity contribution in [2.75, 3.05) is 11.9 Å². The Morgan fingerprint density at radius 3 is 2.80 bits per heavy atom. The summed E-state index contributed by atoms with van der Waals surface area (Å²) in [4.78, 5) is 10.1. The molecule has 0 saturated carbocycles. The summed E-state index contributed by atoms with van der Waals surface area (Å²) in [5.74, 6) is -1.25. The molecule has 3 aromatic rings. The fourth-order valence-electron chi connectivity index (χ4n) is 2.12. The number of pyridine rings is 1. The minimum absolute atomic E-state index is 0.176. The van der Waals surface area contributed by atoms with E-state index in [0.29, 0.717) is 11.9 Å². The van der Waals surface area contributed by atoms with E-state index in [4.69, 9.17) is 0 Å². The van der Waals surface area contributed by atoms with Crippen LogP contribution in [0.15, 0.2) is 36.0 Å². The maximum absolute atomic E-state index is 13.7. The molecule has 0 unspecified atom stereocenters. The molecule has 2 heterocycles. The van der Waals surface area contributed by atoms with Gasteiger partial charge in [-0.15, -0.1) is 11.3 Å². The minimum Gasteiger partial charge on any atom is -0.367 e. The van der Waals surface area contributed by atoms with Crippen molar-refractivity contribution in [1.82, 2.24) is 9.97 Å². The standard InChI is InChI=1S/C14H11F2N3S/c1-19(8-13-17-4-5-20-13)12-2-3-18-14-10(12)6-9(15)7-11(14)16/h2-7H,8H2,1H3. The average molecular weight is 291 g/mol. The predicted molar refractivity (Wildman–Crippen MR) is 75.9 cm³/mol. The van der Waals surface area contributed by atoms with Crippen molar-refractivity contribution in [2.24, 2.45) is 0 Å². The van der Waals surface area contributed by atoms with Gasteiger partial charge in [0.2, 0.25) is 0 Å². The van der Waals surface area contributed by atoms with Crippen molar-refractivity contribution in [1.29, 1.82) is 0 Å². The molecule has 2 aromatic heterocycles. The van der Waals surface area contributed by atoms with Crippen LogP contribution in [0.4, 0.5) is 14.5 Å². The van der Waals surface area contributed by atoms with Crippen molar-refractivity contribution in [3.05, 3.63) is 52.6 Å². The van der Waals surface area contributed by atoms with Crippen molar-refractivity contribution in [3.63, 3.8) is 0 Å². The molecule has 0 atom stereocenters. The van der Waals surface area contributed by atoms with Crippen LogP contribution in [0, 0.1) is 11.6 Å². The molecule has 102 valence electrons. The number of hydrogen-bond acceptors (Lipinski definition) is 4. The third-order valence-corrected chi connectivity index (χ3v) is 3.77. The highest BCUT2D eigenvalue weighted by molar-refractivity contribution is 7.09. The second-order valence-corrected chi connectivity index (χ2v) is 5.37. The number of hydrogen-bond donors (Lipinski definition) is 0. The van der Waals surface area contributed by atoms with E-state index in [1.807, 2.05) is 17.3 Å². The lowest BCUT2D eigenvalue weighted by Gasteiger charge is -2.19. The van der Waals surface area contributed by atoms with Gasteiger partial charge in [0.05, 0.1) is 6.54 Å². The molecule has 3 nitrogen and oxygen atoms in total. The molecule has 0 bridgehead atoms. The van der Waals surface area contributed by atoms with E-state index in [-0.39, 0.29) is 5.52 Å². The molecular formula is C14H11F2N3S. The van der Waals surface area contributed by atoms with Gasteiger partial charge in [0, 0.05) is 42.0 Å². The van der Waals surface area contributed by atoms with Crippen molar-refractivity contribution >= 4 is 27.9 Å². The minimum atomic E-state index is -0.649. The third kappa shape index (κ3) is 2.34. The van der Waals surface area contributed by atoms with E-state index in [1.54, 1.807) is 23.6 Å². The number of benzene rings is 1. The van der Waals surface area contributed by atoms with Gasteiger partial charge in [-0.05, 0) is 12.1 Å². The van der Waals surface area contributed by atoms with Gasteiger partial charge in [-0.2, -0.15) is 0 Å². The summed E-state index contributed by atoms with van der Waals surface area (Å²) in [5.41, 5.74) is 0.901. The van der Waals surface area contributed by atoms with E-state index in [2.05, 4.69) is 9.97 Å². The quantitative estimate of drug-likeness (QED) is 0.738. The number of fused-ring (bicyclic) bond motifs is 1. The van der Waals surface area contributed by atoms with E-state index in [1.165, 1.54) is 12.3 Å². The molecule has 0 aliphatic carbocycles. The molecule has 0 fully saturated rings. The molecule has 0 amide bonds. The average Bonchev–Trinajstić information content (AvgIpc) is 2.90. The molecule has 0 aliphatic heterocycles. The van der Waals surface area contributed by atoms with E-state index >= 15 is 0 Å². The zero-order valence-corrected chi connectivity index (χ0v) is 11.5. The first kappa shape index (κ1) is 12.9. The Bertz CT molecular complexity index is 744. The van der Waals surface area contributed by atoms with Crippen LogP contribution >= 0.6 is 11.3 Å². The van der Waals surface area contributed by atoms with Crippen LogP contribution in [0.3, 0.4) is 0 Å². The number of anilines is 1. The molecule has 0 N–H and O–H groups in total. The highest BCUT2D eigenvalue weighted by Crippen LogP contribution is 2.28. The zero-order chi connectivity index (χ0) is 14.1. The topological polar surface area (TPSA) is 29.0 Å². The van der Waals surface area contributed by atoms with Gasteiger partial charge in [0.25, 0.3) is 0 Å². The van der Waals surface area contributed by atoms with Crippen LogP contribution in [0.5, 0.6) is 0 Å². The summed E-state index contributed by atoms with van der Waals surface area (Å²) < 4.78 is 27.2. The van der Waals surface area contributed by atoms with Crippen LogP contribution in [0.2, 0.25) is 0 Å². The number of aromatic nitrogens is 2. The van der Waals surface area contributed by atoms with Gasteiger partial charge in [0.1, 0.15) is 16.3 Å². The smallest absolute Gasteiger partial charge is 0.152 e. The lowest BCUT2D eigenvalue weighted by molar-refractivity contribution is 0.590. The van der Waals surface area contributed by atoms with E-state index < -0.39 is 11.6 Å². The third-order valence-electron chi connectivity index (χ3n) is 3.01. The first-order valence-electron chi connectivity index (χ1n) is 5.98. The fourth-order valence-corrected chi connectivity index (χ4v) is 2.79. The monoisotopic (exact) mass is 291 g/mol. The molecule has 1 aromatic carbocycles. The summed E-state index contributed by atoms with van der Waals surface area (Å²) in [5, 5.41) is 3.30. The summed E-state index contributed by atoms with van der Waals surface area (Å²) in [6, 6.07) is 3.90. The predicted octanol–water partition coefficient (Wildman–Crippen LogP) is 3.61. The van der Waals surface area contributed by atoms with Gasteiger partial charge in [-0.3, -0.25) is 4.98 Å². The van der Waals surface area contributed by atoms with Crippen molar-refractivity contribution in [3.8, 4) is 0 Å². The van der Waals surface area contributed by atoms with Gasteiger partial charge >= 0.3 is 0 Å². The SMILES string of the molecule is CN(Cc1nccs1)c1ccnc2c(F)cc(F)cc12. The number of rotatable bonds is 3. The molecule has 0 aliphatic rings. The lowest BCUT2D eigenvalue weighted by atomic mass is 10.1. The number of thiazole rings is 1. The van der Waals surface area contributed by atoms with Gasteiger partial charge in [0.15, 0.2) is 5.82 Å². The van der Waals surface area contributed by atoms with Gasteiger partial charge in [-0.1, -0.05) is 0 Å². The molecule has 0 spiro atoms. The summed E-state index contributed by atoms with van der Waals surface area (Å²) in [6.07, 6.45) is 3.26. The number of nitrogens with zero attached hydrogens (tertiary/aromatic N) is 3. The molecule has 0 saturated heterocycles. The lowest BCUT2D eigenvalue weighted by Crippen LogP contribution is -2.16. The van der Waals surface area contributed by atoms with Crippen molar-refractivity contribution < 1.29 is 8.78 Å². The molecule has 0 radical (unpaired) electrons. The first-order valence-corrected chi connectivity index (χ1v) is 6.86. The first-order chi connectivity index (χ1) is 9.65. The van der Waals surface area contributed by atoms with E-state index in [0.717, 1.165) is 16.8 Å². The van der Waals surface area contributed by atoms with Crippen LogP contribution in [-0.2, 0) is 6.54 Å². The summed E-state index contributed by atoms with van der Waals surface area (Å²) in [6.45, 7) is 0.578. The summed E-state index contributed by atoms with van der Waals surface area (Å²) >= 11 is 1.54. The molecule has 6 heteroatoms. The zero-order valence-electron chi connectivity index (χ0n) is 10.7. The maximum Gasteiger partial charge on any atom is 0.152 e. The Morgan fingerprint density at radius 1 is 1.20 bits per heavy atom. The van der Waals surface area contributed by atoms with Crippen LogP contribution < -0.4 is 4.90 Å². The van der Waals surface area contributed by atoms with Gasteiger partial charge < -0.3 is 4.90 Å². The van der Waals surface area contributed by atoms with Crippen molar-refractivity contribution in [2.45, 2.75) is 6.54 Å². The highest BCUT2D eigenvalue weighted by atomic mass is 32.1. The van der Waals surface area contributed by atoms with E-state index in [9.17, 15) is 8.78 Å².